The number of thiol groups is 1. The molecule has 31 N–H and O–H groups in total. The van der Waals surface area contributed by atoms with Crippen LogP contribution in [-0.4, -0.2) is 332 Å². The number of aliphatic hydroxyl groups is 2. The number of carbonyl (C=O) groups is 18. The van der Waals surface area contributed by atoms with Crippen LogP contribution in [0.15, 0.2) is 25.0 Å². The first kappa shape index (κ1) is 103. The van der Waals surface area contributed by atoms with Gasteiger partial charge in [0.05, 0.1) is 44.2 Å². The second-order valence-electron chi connectivity index (χ2n) is 30.8. The van der Waals surface area contributed by atoms with Gasteiger partial charge in [-0.25, -0.2) is 14.8 Å². The number of aromatic amines is 2. The molecule has 50 nitrogen and oxygen atoms in total. The summed E-state index contributed by atoms with van der Waals surface area (Å²) in [5.41, 5.74) is 23.1. The molecule has 0 bridgehead atoms. The number of aromatic nitrogens is 4. The van der Waals surface area contributed by atoms with Gasteiger partial charge in [-0.3, -0.25) is 92.3 Å². The summed E-state index contributed by atoms with van der Waals surface area (Å²) in [7, 11) is 0. The number of aliphatic hydroxyl groups excluding tert-OH is 2. The first-order valence-electron chi connectivity index (χ1n) is 40.8. The van der Waals surface area contributed by atoms with Gasteiger partial charge in [0, 0.05) is 81.5 Å². The number of nitrogens with one attached hydrogen (secondary N) is 17. The van der Waals surface area contributed by atoms with Crippen molar-refractivity contribution in [3.63, 3.8) is 0 Å². The predicted molar refractivity (Wildman–Crippen MR) is 440 cm³/mol. The van der Waals surface area contributed by atoms with Gasteiger partial charge in [-0.05, 0) is 116 Å². The Labute approximate surface area is 722 Å². The number of carboxylic acid groups (broad SMARTS) is 4. The second-order valence-corrected chi connectivity index (χ2v) is 31.2. The van der Waals surface area contributed by atoms with Crippen LogP contribution < -0.4 is 92.1 Å². The van der Waals surface area contributed by atoms with Crippen molar-refractivity contribution < 1.29 is 117 Å². The van der Waals surface area contributed by atoms with Crippen LogP contribution in [0.2, 0.25) is 0 Å². The van der Waals surface area contributed by atoms with Crippen LogP contribution in [0, 0.1) is 16.7 Å². The number of carboxylic acids is 4. The van der Waals surface area contributed by atoms with Crippen LogP contribution in [0.1, 0.15) is 148 Å². The van der Waals surface area contributed by atoms with E-state index in [0.717, 1.165) is 14.7 Å². The summed E-state index contributed by atoms with van der Waals surface area (Å²) in [6.45, 7) is 3.01. The Hall–Kier alpha value is -12.4. The number of hydrogen-bond acceptors (Lipinski definition) is 27. The molecule has 51 heteroatoms. The maximum atomic E-state index is 14.9. The summed E-state index contributed by atoms with van der Waals surface area (Å²) in [5, 5.41) is 107. The van der Waals surface area contributed by atoms with Crippen molar-refractivity contribution in [1.82, 2.24) is 104 Å². The molecule has 16 atom stereocenters. The highest BCUT2D eigenvalue weighted by atomic mass is 32.1. The van der Waals surface area contributed by atoms with E-state index in [4.69, 9.17) is 38.9 Å². The van der Waals surface area contributed by atoms with Crippen molar-refractivity contribution in [2.75, 3.05) is 51.6 Å². The van der Waals surface area contributed by atoms with E-state index in [2.05, 4.69) is 102 Å². The number of imidazole rings is 2. The zero-order valence-corrected chi connectivity index (χ0v) is 70.3. The molecule has 5 rings (SSSR count). The number of guanidine groups is 2. The fourth-order valence-electron chi connectivity index (χ4n) is 14.1. The molecule has 3 aliphatic heterocycles. The molecule has 3 aliphatic rings. The molecular weight excluding hydrogens is 1670 g/mol. The number of likely N-dealkylation sites (tertiary alicyclic amines) is 3. The smallest absolute Gasteiger partial charge is 0.326 e. The van der Waals surface area contributed by atoms with Crippen molar-refractivity contribution in [2.24, 2.45) is 28.9 Å². The molecule has 0 aromatic carbocycles. The van der Waals surface area contributed by atoms with Crippen LogP contribution in [0.4, 0.5) is 0 Å². The molecule has 0 unspecified atom stereocenters. The molecular formula is C74H118N26O24S. The third kappa shape index (κ3) is 33.7. The Morgan fingerprint density at radius 1 is 0.480 bits per heavy atom. The molecule has 0 spiro atoms. The highest BCUT2D eigenvalue weighted by molar-refractivity contribution is 7.80. The Kier molecular flexibility index (Phi) is 42.6. The second kappa shape index (κ2) is 51.6. The molecule has 0 aliphatic carbocycles. The Bertz CT molecular complexity index is 4090. The van der Waals surface area contributed by atoms with Crippen molar-refractivity contribution in [2.45, 2.75) is 246 Å². The molecule has 2 aromatic rings. The maximum absolute atomic E-state index is 14.9. The molecule has 125 heavy (non-hydrogen) atoms. The largest absolute Gasteiger partial charge is 0.481 e. The van der Waals surface area contributed by atoms with E-state index in [1.807, 2.05) is 0 Å². The number of nitrogens with two attached hydrogens (primary N) is 4. The van der Waals surface area contributed by atoms with Gasteiger partial charge in [0.25, 0.3) is 0 Å². The van der Waals surface area contributed by atoms with Crippen LogP contribution in [0.25, 0.3) is 0 Å². The lowest BCUT2D eigenvalue weighted by Crippen LogP contribution is -2.62. The van der Waals surface area contributed by atoms with Gasteiger partial charge in [-0.15, -0.1) is 0 Å². The van der Waals surface area contributed by atoms with E-state index in [0.29, 0.717) is 17.8 Å². The summed E-state index contributed by atoms with van der Waals surface area (Å²) in [6, 6.07) is -23.9. The number of hydrogen-bond donors (Lipinski definition) is 28. The average molecular weight is 1790 g/mol. The quantitative estimate of drug-likeness (QED) is 0.0127. The fourth-order valence-corrected chi connectivity index (χ4v) is 14.3. The summed E-state index contributed by atoms with van der Waals surface area (Å²) in [6.07, 6.45) is -0.275. The highest BCUT2D eigenvalue weighted by Crippen LogP contribution is 2.25. The number of aliphatic carboxylic acids is 4. The molecule has 3 fully saturated rings. The summed E-state index contributed by atoms with van der Waals surface area (Å²) < 4.78 is 0. The fraction of sp³-hybridized carbons (Fsp3) is 0.649. The lowest BCUT2D eigenvalue weighted by molar-refractivity contribution is -0.147. The zero-order chi connectivity index (χ0) is 92.9. The standard InChI is InChI=1S/C74H118N26O24S/c1-36(2)25-45(62(113)92-47(28-55(105)106)64(115)87-42(12-6-20-83-73(77)78)59(110)90-44(72(123)124)17-18-54(103)104)91-60(111)43(13-7-21-84-74(79)80)89-66(117)52-15-10-24-100(52)71(122)50(32-101)96-61(112)41(11-4-5-19-75)88-65(116)51-14-8-23-99(51)70(121)49(29-56(107)108)95-67(118)53-16-9-22-98(53)69(120)48(27-39-31-82-35-86-39)94-63(114)46(26-38-30-81-34-85-38)93-68(119)57(37(3)102)97-58(109)40(76)33-125/h30-31,34-37,40-53,57,101-102,125H,4-29,32-33,75-76H2,1-3H3,(H,81,85)(H,82,86)(H,87,115)(H,88,116)(H,89,117)(H,90,110)(H,91,111)(H,92,113)(H,93,119)(H,94,114)(H,95,118)(H,96,112)(H,97,109)(H,103,104)(H,105,106)(H,107,108)(H,123,124)(H4,77,78,83)(H4,79,80,84)/t37-,40+,41+,42+,43+,44+,45+,46+,47+,48+,49+,50+,51+,52+,53+,57+/m1/s1. The lowest BCUT2D eigenvalue weighted by atomic mass is 10.0. The number of rotatable bonds is 54. The van der Waals surface area contributed by atoms with Crippen LogP contribution in [0.5, 0.6) is 0 Å². The van der Waals surface area contributed by atoms with E-state index in [1.54, 1.807) is 13.8 Å². The number of carbonyl (C=O) groups excluding carboxylic acids is 14. The van der Waals surface area contributed by atoms with Crippen LogP contribution in [0.3, 0.4) is 0 Å². The molecule has 3 saturated heterocycles. The van der Waals surface area contributed by atoms with Gasteiger partial charge >= 0.3 is 23.9 Å². The first-order chi connectivity index (χ1) is 59.2. The number of amides is 14. The first-order valence-corrected chi connectivity index (χ1v) is 41.4. The van der Waals surface area contributed by atoms with E-state index in [-0.39, 0.29) is 141 Å². The highest BCUT2D eigenvalue weighted by Gasteiger charge is 2.46. The minimum absolute atomic E-state index is 0.00522. The minimum atomic E-state index is -2.00. The van der Waals surface area contributed by atoms with Gasteiger partial charge in [0.2, 0.25) is 82.7 Å². The third-order valence-electron chi connectivity index (χ3n) is 20.5. The SMILES string of the molecule is CC(C)C[C@H](NC(=O)[C@H](CCCNC(=N)N)NC(=O)[C@@H]1CCCN1C(=O)[C@H](CO)NC(=O)[C@H](CCCCN)NC(=O)[C@@H]1CCCN1C(=O)[C@H](CC(=O)O)NC(=O)[C@@H]1CCCN1C(=O)[C@H](Cc1cnc[nH]1)NC(=O)[C@H](Cc1cnc[nH]1)NC(=O)[C@@H](NC(=O)[C@@H](N)CS)[C@@H](C)O)C(=O)N[C@@H](CC(=O)O)C(=O)N[C@@H](CCCNC(=N)N)C(=O)N[C@@H](CCC(=O)O)C(=O)O. The number of unbranched alkanes of at least 4 members (excludes halogenated alkanes) is 1. The zero-order valence-electron chi connectivity index (χ0n) is 69.4. The molecule has 0 radical (unpaired) electrons. The molecule has 0 saturated carbocycles. The molecule has 694 valence electrons. The third-order valence-corrected chi connectivity index (χ3v) is 20.9. The van der Waals surface area contributed by atoms with Crippen molar-refractivity contribution >= 4 is 131 Å². The summed E-state index contributed by atoms with van der Waals surface area (Å²) in [4.78, 5) is 265. The van der Waals surface area contributed by atoms with Gasteiger partial charge in [0.1, 0.15) is 84.6 Å². The van der Waals surface area contributed by atoms with E-state index >= 15 is 0 Å². The Morgan fingerprint density at radius 3 is 1.29 bits per heavy atom. The summed E-state index contributed by atoms with van der Waals surface area (Å²) >= 11 is 4.01. The normalized spacial score (nSPS) is 18.0. The van der Waals surface area contributed by atoms with Gasteiger partial charge in [-0.1, -0.05) is 13.8 Å². The van der Waals surface area contributed by atoms with Crippen LogP contribution in [-0.2, 0) is 99.1 Å². The Morgan fingerprint density at radius 2 is 0.864 bits per heavy atom. The summed E-state index contributed by atoms with van der Waals surface area (Å²) in [5.74, 6) is -22.0. The van der Waals surface area contributed by atoms with E-state index in [9.17, 15) is 112 Å². The topological polar surface area (TPSA) is 804 Å². The molecule has 5 heterocycles. The number of H-pyrrole nitrogens is 2. The van der Waals surface area contributed by atoms with Crippen LogP contribution >= 0.6 is 12.6 Å². The van der Waals surface area contributed by atoms with Crippen molar-refractivity contribution in [3.05, 3.63) is 36.4 Å². The molecule has 2 aromatic heterocycles. The monoisotopic (exact) mass is 1790 g/mol. The van der Waals surface area contributed by atoms with E-state index in [1.165, 1.54) is 32.0 Å². The Balaban J connectivity index is 1.32. The van der Waals surface area contributed by atoms with Gasteiger partial charge < -0.3 is 147 Å². The van der Waals surface area contributed by atoms with Gasteiger partial charge in [0.15, 0.2) is 11.9 Å². The maximum Gasteiger partial charge on any atom is 0.326 e. The number of nitrogens with zero attached hydrogens (tertiary/aromatic N) is 5. The van der Waals surface area contributed by atoms with Gasteiger partial charge in [-0.2, -0.15) is 12.6 Å². The molecule has 14 amide bonds. The predicted octanol–water partition coefficient (Wildman–Crippen LogP) is -9.55. The van der Waals surface area contributed by atoms with Crippen molar-refractivity contribution in [3.8, 4) is 0 Å². The average Bonchev–Trinajstić information content (AvgIpc) is 1.69. The van der Waals surface area contributed by atoms with Crippen molar-refractivity contribution in [1.29, 1.82) is 10.8 Å². The lowest BCUT2D eigenvalue weighted by Gasteiger charge is -2.32. The van der Waals surface area contributed by atoms with E-state index < -0.39 is 253 Å². The minimum Gasteiger partial charge on any atom is -0.481 e.